The number of hydrogen-bond acceptors (Lipinski definition) is 4. The molecule has 0 N–H and O–H groups in total. The van der Waals surface area contributed by atoms with E-state index in [2.05, 4.69) is 25.9 Å². The molecule has 19 heavy (non-hydrogen) atoms. The van der Waals surface area contributed by atoms with Gasteiger partial charge in [-0.2, -0.15) is 0 Å². The highest BCUT2D eigenvalue weighted by molar-refractivity contribution is 9.10. The summed E-state index contributed by atoms with van der Waals surface area (Å²) in [7, 11) is 0. The molecule has 0 radical (unpaired) electrons. The van der Waals surface area contributed by atoms with Crippen LogP contribution in [0.25, 0.3) is 11.4 Å². The van der Waals surface area contributed by atoms with Crippen molar-refractivity contribution >= 4 is 44.8 Å². The van der Waals surface area contributed by atoms with Crippen LogP contribution in [0.2, 0.25) is 10.3 Å². The van der Waals surface area contributed by atoms with Crippen molar-refractivity contribution in [3.05, 3.63) is 48.7 Å². The lowest BCUT2D eigenvalue weighted by molar-refractivity contribution is -0.384. The summed E-state index contributed by atoms with van der Waals surface area (Å²) in [5.74, 6) is 0.249. The number of benzene rings is 1. The van der Waals surface area contributed by atoms with Crippen molar-refractivity contribution in [2.45, 2.75) is 6.92 Å². The van der Waals surface area contributed by atoms with Gasteiger partial charge in [0, 0.05) is 17.7 Å². The fourth-order valence-electron chi connectivity index (χ4n) is 1.48. The van der Waals surface area contributed by atoms with Crippen LogP contribution in [0.1, 0.15) is 5.56 Å². The molecule has 0 fully saturated rings. The van der Waals surface area contributed by atoms with Crippen molar-refractivity contribution in [1.29, 1.82) is 0 Å². The average molecular weight is 363 g/mol. The molecule has 0 aliphatic heterocycles. The second kappa shape index (κ2) is 5.40. The summed E-state index contributed by atoms with van der Waals surface area (Å²) in [6, 6.07) is 4.44. The lowest BCUT2D eigenvalue weighted by atomic mass is 10.1. The van der Waals surface area contributed by atoms with Crippen LogP contribution in [0.5, 0.6) is 0 Å². The molecule has 2 rings (SSSR count). The Kier molecular flexibility index (Phi) is 4.03. The fraction of sp³-hybridized carbons (Fsp3) is 0.0909. The fourth-order valence-corrected chi connectivity index (χ4v) is 2.04. The van der Waals surface area contributed by atoms with Crippen LogP contribution in [0.3, 0.4) is 0 Å². The Morgan fingerprint density at radius 1 is 1.26 bits per heavy atom. The van der Waals surface area contributed by atoms with Gasteiger partial charge in [0.25, 0.3) is 5.69 Å². The second-order valence-electron chi connectivity index (χ2n) is 3.70. The summed E-state index contributed by atoms with van der Waals surface area (Å²) in [4.78, 5) is 18.4. The molecule has 0 amide bonds. The first-order valence-corrected chi connectivity index (χ1v) is 6.59. The summed E-state index contributed by atoms with van der Waals surface area (Å²) in [5, 5.41) is 11.1. The Hall–Kier alpha value is -1.24. The second-order valence-corrected chi connectivity index (χ2v) is 5.21. The lowest BCUT2D eigenvalue weighted by Gasteiger charge is -2.06. The zero-order valence-corrected chi connectivity index (χ0v) is 12.6. The third-order valence-electron chi connectivity index (χ3n) is 2.44. The average Bonchev–Trinajstić information content (AvgIpc) is 2.35. The highest BCUT2D eigenvalue weighted by Crippen LogP contribution is 2.32. The number of nitrogens with zero attached hydrogens (tertiary/aromatic N) is 3. The third-order valence-corrected chi connectivity index (χ3v) is 4.20. The molecule has 0 bridgehead atoms. The number of rotatable bonds is 2. The van der Waals surface area contributed by atoms with Gasteiger partial charge in [-0.3, -0.25) is 10.1 Å². The smallest absolute Gasteiger partial charge is 0.258 e. The van der Waals surface area contributed by atoms with E-state index in [1.165, 1.54) is 12.1 Å². The molecular formula is C11H6BrCl2N3O2. The molecule has 0 unspecified atom stereocenters. The van der Waals surface area contributed by atoms with Gasteiger partial charge in [0.1, 0.15) is 10.3 Å². The van der Waals surface area contributed by atoms with Crippen molar-refractivity contribution in [2.75, 3.05) is 0 Å². The van der Waals surface area contributed by atoms with Gasteiger partial charge in [0.2, 0.25) is 0 Å². The number of nitro benzene ring substituents is 1. The first-order chi connectivity index (χ1) is 8.90. The van der Waals surface area contributed by atoms with Crippen LogP contribution in [0, 0.1) is 17.0 Å². The maximum absolute atomic E-state index is 10.8. The molecule has 0 aliphatic carbocycles. The molecular weight excluding hydrogens is 357 g/mol. The van der Waals surface area contributed by atoms with E-state index in [0.29, 0.717) is 10.0 Å². The summed E-state index contributed by atoms with van der Waals surface area (Å²) < 4.78 is 0.391. The van der Waals surface area contributed by atoms with Gasteiger partial charge in [-0.15, -0.1) is 0 Å². The molecule has 0 atom stereocenters. The largest absolute Gasteiger partial charge is 0.270 e. The van der Waals surface area contributed by atoms with Gasteiger partial charge >= 0.3 is 0 Å². The SMILES string of the molecule is Cc1ccc([N+](=O)[O-])cc1-c1nc(Cl)c(Br)c(Cl)n1. The van der Waals surface area contributed by atoms with Crippen LogP contribution in [-0.2, 0) is 0 Å². The molecule has 0 aliphatic rings. The highest BCUT2D eigenvalue weighted by Gasteiger charge is 2.15. The van der Waals surface area contributed by atoms with E-state index in [-0.39, 0.29) is 21.8 Å². The van der Waals surface area contributed by atoms with Crippen LogP contribution >= 0.6 is 39.1 Å². The van der Waals surface area contributed by atoms with Crippen molar-refractivity contribution in [2.24, 2.45) is 0 Å². The standard InChI is InChI=1S/C11H6BrCl2N3O2/c1-5-2-3-6(17(18)19)4-7(5)11-15-9(13)8(12)10(14)16-11/h2-4H,1H3. The van der Waals surface area contributed by atoms with E-state index in [0.717, 1.165) is 5.56 Å². The van der Waals surface area contributed by atoms with E-state index in [9.17, 15) is 10.1 Å². The van der Waals surface area contributed by atoms with Gasteiger partial charge in [-0.25, -0.2) is 9.97 Å². The van der Waals surface area contributed by atoms with Crippen LogP contribution in [0.15, 0.2) is 22.7 Å². The quantitative estimate of drug-likeness (QED) is 0.450. The number of hydrogen-bond donors (Lipinski definition) is 0. The molecule has 0 saturated carbocycles. The van der Waals surface area contributed by atoms with Crippen molar-refractivity contribution < 1.29 is 4.92 Å². The number of aromatic nitrogens is 2. The van der Waals surface area contributed by atoms with Crippen molar-refractivity contribution in [3.8, 4) is 11.4 Å². The zero-order chi connectivity index (χ0) is 14.2. The maximum Gasteiger partial charge on any atom is 0.270 e. The Labute approximate surface area is 126 Å². The molecule has 0 spiro atoms. The molecule has 5 nitrogen and oxygen atoms in total. The summed E-state index contributed by atoms with van der Waals surface area (Å²) >= 11 is 15.0. The topological polar surface area (TPSA) is 68.9 Å². The number of aryl methyl sites for hydroxylation is 1. The van der Waals surface area contributed by atoms with Crippen LogP contribution in [-0.4, -0.2) is 14.9 Å². The molecule has 98 valence electrons. The summed E-state index contributed by atoms with van der Waals surface area (Å²) in [5.41, 5.74) is 1.27. The van der Waals surface area contributed by atoms with Gasteiger partial charge in [0.05, 0.1) is 9.40 Å². The normalized spacial score (nSPS) is 10.5. The minimum Gasteiger partial charge on any atom is -0.258 e. The first kappa shape index (κ1) is 14.2. The minimum atomic E-state index is -0.481. The van der Waals surface area contributed by atoms with E-state index >= 15 is 0 Å². The van der Waals surface area contributed by atoms with E-state index in [1.54, 1.807) is 13.0 Å². The minimum absolute atomic E-state index is 0.0423. The first-order valence-electron chi connectivity index (χ1n) is 5.04. The Morgan fingerprint density at radius 2 is 1.84 bits per heavy atom. The Morgan fingerprint density at radius 3 is 2.37 bits per heavy atom. The maximum atomic E-state index is 10.8. The zero-order valence-electron chi connectivity index (χ0n) is 9.52. The molecule has 8 heteroatoms. The summed E-state index contributed by atoms with van der Waals surface area (Å²) in [6.45, 7) is 1.80. The van der Waals surface area contributed by atoms with Gasteiger partial charge in [-0.05, 0) is 28.4 Å². The van der Waals surface area contributed by atoms with Gasteiger partial charge in [-0.1, -0.05) is 29.3 Å². The molecule has 2 aromatic rings. The summed E-state index contributed by atoms with van der Waals surface area (Å²) in [6.07, 6.45) is 0. The van der Waals surface area contributed by atoms with Crippen molar-refractivity contribution in [3.63, 3.8) is 0 Å². The van der Waals surface area contributed by atoms with Crippen LogP contribution in [0.4, 0.5) is 5.69 Å². The van der Waals surface area contributed by atoms with Crippen LogP contribution < -0.4 is 0 Å². The predicted octanol–water partition coefficient (Wildman–Crippen LogP) is 4.43. The number of non-ortho nitro benzene ring substituents is 1. The van der Waals surface area contributed by atoms with E-state index in [1.807, 2.05) is 0 Å². The van der Waals surface area contributed by atoms with E-state index in [4.69, 9.17) is 23.2 Å². The third kappa shape index (κ3) is 2.86. The number of nitro groups is 1. The molecule has 1 heterocycles. The molecule has 0 saturated heterocycles. The Bertz CT molecular complexity index is 656. The monoisotopic (exact) mass is 361 g/mol. The molecule has 1 aromatic carbocycles. The van der Waals surface area contributed by atoms with Gasteiger partial charge in [0.15, 0.2) is 5.82 Å². The number of halogens is 3. The predicted molar refractivity (Wildman–Crippen MR) is 76.6 cm³/mol. The molecule has 1 aromatic heterocycles. The Balaban J connectivity index is 2.64. The van der Waals surface area contributed by atoms with Gasteiger partial charge < -0.3 is 0 Å². The van der Waals surface area contributed by atoms with Crippen molar-refractivity contribution in [1.82, 2.24) is 9.97 Å². The highest BCUT2D eigenvalue weighted by atomic mass is 79.9. The lowest BCUT2D eigenvalue weighted by Crippen LogP contribution is -1.96. The van der Waals surface area contributed by atoms with E-state index < -0.39 is 4.92 Å².